The van der Waals surface area contributed by atoms with Gasteiger partial charge >= 0.3 is 0 Å². The average molecular weight is 220 g/mol. The van der Waals surface area contributed by atoms with Crippen LogP contribution in [0.5, 0.6) is 0 Å². The highest BCUT2D eigenvalue weighted by Gasteiger charge is 2.23. The zero-order valence-corrected chi connectivity index (χ0v) is 9.76. The molecule has 1 aliphatic rings. The number of anilines is 1. The summed E-state index contributed by atoms with van der Waals surface area (Å²) in [6.07, 6.45) is 1.07. The second-order valence-electron chi connectivity index (χ2n) is 4.63. The van der Waals surface area contributed by atoms with Crippen molar-refractivity contribution in [1.29, 1.82) is 0 Å². The Kier molecular flexibility index (Phi) is 3.46. The molecule has 2 atom stereocenters. The van der Waals surface area contributed by atoms with E-state index in [2.05, 4.69) is 17.0 Å². The van der Waals surface area contributed by atoms with Gasteiger partial charge in [-0.2, -0.15) is 0 Å². The SMILES string of the molecule is CC(N)c1ccccc1N1CCC(CO)C1. The van der Waals surface area contributed by atoms with Gasteiger partial charge in [-0.3, -0.25) is 0 Å². The first-order valence-electron chi connectivity index (χ1n) is 5.92. The lowest BCUT2D eigenvalue weighted by atomic mass is 10.1. The van der Waals surface area contributed by atoms with E-state index in [0.29, 0.717) is 5.92 Å². The highest BCUT2D eigenvalue weighted by molar-refractivity contribution is 5.55. The third-order valence-corrected chi connectivity index (χ3v) is 3.31. The molecule has 3 N–H and O–H groups in total. The standard InChI is InChI=1S/C13H20N2O/c1-10(14)12-4-2-3-5-13(12)15-7-6-11(8-15)9-16/h2-5,10-11,16H,6-9,14H2,1H3. The van der Waals surface area contributed by atoms with Crippen molar-refractivity contribution >= 4 is 5.69 Å². The molecule has 88 valence electrons. The van der Waals surface area contributed by atoms with E-state index < -0.39 is 0 Å². The summed E-state index contributed by atoms with van der Waals surface area (Å²) in [6, 6.07) is 8.35. The van der Waals surface area contributed by atoms with E-state index in [0.717, 1.165) is 19.5 Å². The highest BCUT2D eigenvalue weighted by Crippen LogP contribution is 2.29. The van der Waals surface area contributed by atoms with E-state index in [9.17, 15) is 0 Å². The van der Waals surface area contributed by atoms with Crippen molar-refractivity contribution in [2.24, 2.45) is 11.7 Å². The van der Waals surface area contributed by atoms with Crippen LogP contribution in [0.15, 0.2) is 24.3 Å². The van der Waals surface area contributed by atoms with Crippen LogP contribution in [0.25, 0.3) is 0 Å². The van der Waals surface area contributed by atoms with Crippen molar-refractivity contribution in [3.05, 3.63) is 29.8 Å². The number of nitrogens with zero attached hydrogens (tertiary/aromatic N) is 1. The molecule has 0 saturated carbocycles. The summed E-state index contributed by atoms with van der Waals surface area (Å²) in [5.74, 6) is 0.418. The zero-order chi connectivity index (χ0) is 11.5. The van der Waals surface area contributed by atoms with Crippen molar-refractivity contribution in [2.45, 2.75) is 19.4 Å². The lowest BCUT2D eigenvalue weighted by Crippen LogP contribution is -2.23. The van der Waals surface area contributed by atoms with Gasteiger partial charge in [-0.05, 0) is 25.0 Å². The third-order valence-electron chi connectivity index (χ3n) is 3.31. The van der Waals surface area contributed by atoms with Gasteiger partial charge in [-0.1, -0.05) is 18.2 Å². The van der Waals surface area contributed by atoms with Crippen molar-refractivity contribution in [2.75, 3.05) is 24.6 Å². The molecule has 0 aliphatic carbocycles. The molecule has 2 rings (SSSR count). The molecule has 3 heteroatoms. The Morgan fingerprint density at radius 3 is 2.88 bits per heavy atom. The minimum Gasteiger partial charge on any atom is -0.396 e. The number of para-hydroxylation sites is 1. The van der Waals surface area contributed by atoms with E-state index in [1.165, 1.54) is 11.3 Å². The number of benzene rings is 1. The number of aliphatic hydroxyl groups excluding tert-OH is 1. The first-order chi connectivity index (χ1) is 7.72. The van der Waals surface area contributed by atoms with Crippen molar-refractivity contribution in [3.8, 4) is 0 Å². The van der Waals surface area contributed by atoms with Gasteiger partial charge in [0.1, 0.15) is 0 Å². The zero-order valence-electron chi connectivity index (χ0n) is 9.76. The van der Waals surface area contributed by atoms with Crippen LogP contribution in [0.1, 0.15) is 24.9 Å². The van der Waals surface area contributed by atoms with E-state index in [1.807, 2.05) is 19.1 Å². The topological polar surface area (TPSA) is 49.5 Å². The Bertz CT molecular complexity index is 352. The van der Waals surface area contributed by atoms with Crippen LogP contribution >= 0.6 is 0 Å². The molecule has 0 aromatic heterocycles. The maximum absolute atomic E-state index is 9.16. The molecular weight excluding hydrogens is 200 g/mol. The fourth-order valence-corrected chi connectivity index (χ4v) is 2.36. The molecule has 3 nitrogen and oxygen atoms in total. The number of aliphatic hydroxyl groups is 1. The molecule has 16 heavy (non-hydrogen) atoms. The van der Waals surface area contributed by atoms with Gasteiger partial charge in [0.25, 0.3) is 0 Å². The number of hydrogen-bond acceptors (Lipinski definition) is 3. The summed E-state index contributed by atoms with van der Waals surface area (Å²) in [4.78, 5) is 2.33. The predicted octanol–water partition coefficient (Wildman–Crippen LogP) is 1.52. The van der Waals surface area contributed by atoms with E-state index in [1.54, 1.807) is 0 Å². The van der Waals surface area contributed by atoms with E-state index in [-0.39, 0.29) is 12.6 Å². The Hall–Kier alpha value is -1.06. The lowest BCUT2D eigenvalue weighted by Gasteiger charge is -2.23. The number of hydrogen-bond donors (Lipinski definition) is 2. The third kappa shape index (κ3) is 2.20. The van der Waals surface area contributed by atoms with Gasteiger partial charge in [-0.15, -0.1) is 0 Å². The van der Waals surface area contributed by atoms with Crippen LogP contribution in [-0.4, -0.2) is 24.8 Å². The summed E-state index contributed by atoms with van der Waals surface area (Å²) >= 11 is 0. The minimum absolute atomic E-state index is 0.0596. The quantitative estimate of drug-likeness (QED) is 0.812. The Morgan fingerprint density at radius 1 is 1.50 bits per heavy atom. The molecule has 0 radical (unpaired) electrons. The van der Waals surface area contributed by atoms with E-state index >= 15 is 0 Å². The normalized spacial score (nSPS) is 22.4. The molecule has 1 heterocycles. The summed E-state index contributed by atoms with van der Waals surface area (Å²) in [6.45, 7) is 4.27. The monoisotopic (exact) mass is 220 g/mol. The van der Waals surface area contributed by atoms with Crippen LogP contribution in [0.2, 0.25) is 0 Å². The molecule has 1 aromatic carbocycles. The molecular formula is C13H20N2O. The molecule has 1 aromatic rings. The Labute approximate surface area is 96.9 Å². The minimum atomic E-state index is 0.0596. The second kappa shape index (κ2) is 4.85. The Balaban J connectivity index is 2.20. The van der Waals surface area contributed by atoms with Crippen molar-refractivity contribution in [1.82, 2.24) is 0 Å². The molecule has 0 amide bonds. The molecule has 1 aliphatic heterocycles. The lowest BCUT2D eigenvalue weighted by molar-refractivity contribution is 0.238. The van der Waals surface area contributed by atoms with Crippen LogP contribution in [0.3, 0.4) is 0 Å². The maximum Gasteiger partial charge on any atom is 0.0476 e. The van der Waals surface area contributed by atoms with Gasteiger partial charge in [0.05, 0.1) is 0 Å². The van der Waals surface area contributed by atoms with Crippen molar-refractivity contribution in [3.63, 3.8) is 0 Å². The highest BCUT2D eigenvalue weighted by atomic mass is 16.3. The molecule has 0 bridgehead atoms. The summed E-state index contributed by atoms with van der Waals surface area (Å²) in [5, 5.41) is 9.16. The van der Waals surface area contributed by atoms with Crippen LogP contribution in [0.4, 0.5) is 5.69 Å². The predicted molar refractivity (Wildman–Crippen MR) is 66.5 cm³/mol. The first-order valence-corrected chi connectivity index (χ1v) is 5.92. The summed E-state index contributed by atoms with van der Waals surface area (Å²) < 4.78 is 0. The largest absolute Gasteiger partial charge is 0.396 e. The first kappa shape index (κ1) is 11.4. The van der Waals surface area contributed by atoms with Crippen LogP contribution in [0, 0.1) is 5.92 Å². The van der Waals surface area contributed by atoms with Gasteiger partial charge in [-0.25, -0.2) is 0 Å². The summed E-state index contributed by atoms with van der Waals surface area (Å²) in [7, 11) is 0. The van der Waals surface area contributed by atoms with Crippen LogP contribution in [-0.2, 0) is 0 Å². The van der Waals surface area contributed by atoms with Gasteiger partial charge in [0, 0.05) is 37.3 Å². The fourth-order valence-electron chi connectivity index (χ4n) is 2.36. The van der Waals surface area contributed by atoms with Crippen LogP contribution < -0.4 is 10.6 Å². The molecule has 0 spiro atoms. The summed E-state index contributed by atoms with van der Waals surface area (Å²) in [5.41, 5.74) is 8.40. The smallest absolute Gasteiger partial charge is 0.0476 e. The second-order valence-corrected chi connectivity index (χ2v) is 4.63. The van der Waals surface area contributed by atoms with Gasteiger partial charge in [0.15, 0.2) is 0 Å². The molecule has 2 unspecified atom stereocenters. The maximum atomic E-state index is 9.16. The number of rotatable bonds is 3. The van der Waals surface area contributed by atoms with Crippen molar-refractivity contribution < 1.29 is 5.11 Å². The van der Waals surface area contributed by atoms with Gasteiger partial charge in [0.2, 0.25) is 0 Å². The van der Waals surface area contributed by atoms with E-state index in [4.69, 9.17) is 10.8 Å². The molecule has 1 fully saturated rings. The van der Waals surface area contributed by atoms with Gasteiger partial charge < -0.3 is 15.7 Å². The average Bonchev–Trinajstić information content (AvgIpc) is 2.77. The Morgan fingerprint density at radius 2 is 2.25 bits per heavy atom. The fraction of sp³-hybridized carbons (Fsp3) is 0.538. The molecule has 1 saturated heterocycles. The number of nitrogens with two attached hydrogens (primary N) is 1.